The first-order valence-electron chi connectivity index (χ1n) is 7.64. The van der Waals surface area contributed by atoms with Crippen molar-refractivity contribution >= 4 is 11.0 Å². The van der Waals surface area contributed by atoms with Gasteiger partial charge in [0.25, 0.3) is 0 Å². The molecule has 0 spiro atoms. The molecule has 1 aliphatic heterocycles. The smallest absolute Gasteiger partial charge is 0.336 e. The first-order chi connectivity index (χ1) is 12.2. The summed E-state index contributed by atoms with van der Waals surface area (Å²) in [4.78, 5) is 11.4. The van der Waals surface area contributed by atoms with E-state index in [1.165, 1.54) is 6.92 Å². The summed E-state index contributed by atoms with van der Waals surface area (Å²) in [5.74, 6) is -3.50. The first kappa shape index (κ1) is 18.7. The number of benzene rings is 1. The third kappa shape index (κ3) is 3.06. The van der Waals surface area contributed by atoms with Gasteiger partial charge in [0.15, 0.2) is 17.1 Å². The van der Waals surface area contributed by atoms with Gasteiger partial charge in [-0.05, 0) is 18.6 Å². The van der Waals surface area contributed by atoms with Gasteiger partial charge in [0.1, 0.15) is 24.4 Å². The molecular weight excluding hydrogens is 358 g/mol. The zero-order valence-corrected chi connectivity index (χ0v) is 13.4. The molecular formula is C16H16F2O8. The normalized spacial score (nSPS) is 29.1. The summed E-state index contributed by atoms with van der Waals surface area (Å²) >= 11 is 0. The number of aryl methyl sites for hydroxylation is 1. The molecule has 0 radical (unpaired) electrons. The van der Waals surface area contributed by atoms with Crippen molar-refractivity contribution in [3.8, 4) is 5.75 Å². The summed E-state index contributed by atoms with van der Waals surface area (Å²) in [5, 5.41) is 38.5. The number of halogens is 2. The molecule has 10 heteroatoms. The van der Waals surface area contributed by atoms with Crippen molar-refractivity contribution in [3.05, 3.63) is 39.8 Å². The highest BCUT2D eigenvalue weighted by Gasteiger charge is 2.45. The van der Waals surface area contributed by atoms with Gasteiger partial charge in [-0.3, -0.25) is 0 Å². The summed E-state index contributed by atoms with van der Waals surface area (Å²) in [6.07, 6.45) is -8.39. The second-order valence-corrected chi connectivity index (χ2v) is 5.94. The van der Waals surface area contributed by atoms with Gasteiger partial charge in [-0.2, -0.15) is 4.39 Å². The number of rotatable bonds is 3. The fourth-order valence-electron chi connectivity index (χ4n) is 2.75. The lowest BCUT2D eigenvalue weighted by atomic mass is 9.99. The predicted molar refractivity (Wildman–Crippen MR) is 81.5 cm³/mol. The van der Waals surface area contributed by atoms with E-state index in [-0.39, 0.29) is 10.9 Å². The van der Waals surface area contributed by atoms with Crippen molar-refractivity contribution in [3.63, 3.8) is 0 Å². The van der Waals surface area contributed by atoms with Crippen LogP contribution in [0.5, 0.6) is 5.75 Å². The van der Waals surface area contributed by atoms with Gasteiger partial charge >= 0.3 is 5.63 Å². The molecule has 8 nitrogen and oxygen atoms in total. The molecule has 0 saturated carbocycles. The fraction of sp³-hybridized carbons (Fsp3) is 0.438. The largest absolute Gasteiger partial charge is 0.456 e. The average molecular weight is 374 g/mol. The molecule has 3 rings (SSSR count). The first-order valence-corrected chi connectivity index (χ1v) is 7.64. The Labute approximate surface area is 144 Å². The van der Waals surface area contributed by atoms with Gasteiger partial charge in [-0.15, -0.1) is 0 Å². The highest BCUT2D eigenvalue weighted by molar-refractivity contribution is 5.82. The molecule has 1 aromatic heterocycles. The van der Waals surface area contributed by atoms with Crippen LogP contribution < -0.4 is 10.4 Å². The van der Waals surface area contributed by atoms with Crippen LogP contribution in [0.1, 0.15) is 5.56 Å². The third-order valence-corrected chi connectivity index (χ3v) is 4.18. The van der Waals surface area contributed by atoms with E-state index >= 15 is 0 Å². The number of aliphatic hydroxyl groups is 4. The lowest BCUT2D eigenvalue weighted by Crippen LogP contribution is -2.60. The van der Waals surface area contributed by atoms with Crippen LogP contribution in [0.4, 0.5) is 8.78 Å². The number of aliphatic hydroxyl groups excluding tert-OH is 4. The van der Waals surface area contributed by atoms with Crippen molar-refractivity contribution in [2.75, 3.05) is 6.61 Å². The van der Waals surface area contributed by atoms with Crippen LogP contribution in [-0.2, 0) is 4.74 Å². The Morgan fingerprint density at radius 3 is 2.50 bits per heavy atom. The molecule has 4 N–H and O–H groups in total. The maximum absolute atomic E-state index is 14.6. The molecule has 2 aromatic rings. The van der Waals surface area contributed by atoms with Gasteiger partial charge in [-0.1, -0.05) is 0 Å². The van der Waals surface area contributed by atoms with Gasteiger partial charge in [0, 0.05) is 11.5 Å². The van der Waals surface area contributed by atoms with Crippen molar-refractivity contribution in [1.82, 2.24) is 0 Å². The van der Waals surface area contributed by atoms with Gasteiger partial charge in [-0.25, -0.2) is 9.18 Å². The summed E-state index contributed by atoms with van der Waals surface area (Å²) in [6.45, 7) is 0.734. The summed E-state index contributed by atoms with van der Waals surface area (Å²) in [6, 6.07) is 1.95. The minimum atomic E-state index is -1.85. The van der Waals surface area contributed by atoms with Crippen LogP contribution in [-0.4, -0.2) is 57.7 Å². The number of hydrogen-bond acceptors (Lipinski definition) is 8. The second kappa shape index (κ2) is 6.89. The zero-order chi connectivity index (χ0) is 19.2. The van der Waals surface area contributed by atoms with E-state index < -0.39 is 65.9 Å². The maximum Gasteiger partial charge on any atom is 0.336 e. The monoisotopic (exact) mass is 374 g/mol. The highest BCUT2D eigenvalue weighted by atomic mass is 19.1. The third-order valence-electron chi connectivity index (χ3n) is 4.18. The molecule has 5 atom stereocenters. The molecule has 1 fully saturated rings. The summed E-state index contributed by atoms with van der Waals surface area (Å²) in [5.41, 5.74) is -1.11. The Kier molecular flexibility index (Phi) is 4.95. The van der Waals surface area contributed by atoms with Crippen LogP contribution in [0.15, 0.2) is 21.3 Å². The van der Waals surface area contributed by atoms with Gasteiger partial charge in [0.05, 0.1) is 6.61 Å². The standard InChI is InChI=1S/C16H16F2O8/c1-5-2-9(20)25-14-6(5)3-7(17)15(10(14)18)26-16-13(23)12(22)11(21)8(4-19)24-16/h2-3,8,11-13,16,19,21-23H,4H2,1H3/t8-,11-,12+,13-,16?/m1/s1. The Morgan fingerprint density at radius 1 is 1.15 bits per heavy atom. The lowest BCUT2D eigenvalue weighted by molar-refractivity contribution is -0.278. The Hall–Kier alpha value is -2.11. The maximum atomic E-state index is 14.6. The molecule has 2 heterocycles. The van der Waals surface area contributed by atoms with Crippen LogP contribution in [0, 0.1) is 18.6 Å². The van der Waals surface area contributed by atoms with Crippen molar-refractivity contribution in [2.45, 2.75) is 37.6 Å². The molecule has 1 aromatic carbocycles. The topological polar surface area (TPSA) is 130 Å². The van der Waals surface area contributed by atoms with Gasteiger partial charge in [0.2, 0.25) is 12.1 Å². The fourth-order valence-corrected chi connectivity index (χ4v) is 2.75. The second-order valence-electron chi connectivity index (χ2n) is 5.94. The van der Waals surface area contributed by atoms with Crippen LogP contribution >= 0.6 is 0 Å². The van der Waals surface area contributed by atoms with Gasteiger partial charge < -0.3 is 34.3 Å². The van der Waals surface area contributed by atoms with Crippen molar-refractivity contribution < 1.29 is 43.1 Å². The summed E-state index contributed by atoms with van der Waals surface area (Å²) in [7, 11) is 0. The predicted octanol–water partition coefficient (Wildman–Crippen LogP) is -0.442. The van der Waals surface area contributed by atoms with E-state index in [0.717, 1.165) is 12.1 Å². The van der Waals surface area contributed by atoms with E-state index in [4.69, 9.17) is 19.0 Å². The zero-order valence-electron chi connectivity index (χ0n) is 13.4. The SMILES string of the molecule is Cc1cc(=O)oc2c(F)c(OC3O[C@H](CO)[C@@H](O)[C@H](O)[C@H]3O)c(F)cc12. The Balaban J connectivity index is 2.02. The molecule has 142 valence electrons. The van der Waals surface area contributed by atoms with E-state index in [1.807, 2.05) is 0 Å². The molecule has 0 bridgehead atoms. The quantitative estimate of drug-likeness (QED) is 0.532. The highest BCUT2D eigenvalue weighted by Crippen LogP contribution is 2.33. The molecule has 0 amide bonds. The minimum Gasteiger partial charge on any atom is -0.456 e. The van der Waals surface area contributed by atoms with Crippen LogP contribution in [0.25, 0.3) is 11.0 Å². The summed E-state index contributed by atoms with van der Waals surface area (Å²) < 4.78 is 43.7. The molecule has 1 aliphatic rings. The number of ether oxygens (including phenoxy) is 2. The Morgan fingerprint density at radius 2 is 1.85 bits per heavy atom. The van der Waals surface area contributed by atoms with Crippen LogP contribution in [0.3, 0.4) is 0 Å². The van der Waals surface area contributed by atoms with E-state index in [9.17, 15) is 28.9 Å². The van der Waals surface area contributed by atoms with E-state index in [1.54, 1.807) is 0 Å². The van der Waals surface area contributed by atoms with E-state index in [2.05, 4.69) is 0 Å². The molecule has 1 saturated heterocycles. The van der Waals surface area contributed by atoms with Crippen molar-refractivity contribution in [1.29, 1.82) is 0 Å². The Bertz CT molecular complexity index is 881. The minimum absolute atomic E-state index is 0.0146. The average Bonchev–Trinajstić information content (AvgIpc) is 2.59. The molecule has 1 unspecified atom stereocenters. The van der Waals surface area contributed by atoms with E-state index in [0.29, 0.717) is 0 Å². The number of hydrogen-bond donors (Lipinski definition) is 4. The number of fused-ring (bicyclic) bond motifs is 1. The van der Waals surface area contributed by atoms with Crippen molar-refractivity contribution in [2.24, 2.45) is 0 Å². The molecule has 0 aliphatic carbocycles. The lowest BCUT2D eigenvalue weighted by Gasteiger charge is -2.39. The molecule has 26 heavy (non-hydrogen) atoms. The van der Waals surface area contributed by atoms with Crippen LogP contribution in [0.2, 0.25) is 0 Å².